The first-order valence-corrected chi connectivity index (χ1v) is 7.11. The van der Waals surface area contributed by atoms with Gasteiger partial charge in [-0.3, -0.25) is 4.79 Å². The van der Waals surface area contributed by atoms with Gasteiger partial charge in [-0.25, -0.2) is 0 Å². The maximum absolute atomic E-state index is 11.8. The van der Waals surface area contributed by atoms with Crippen LogP contribution in [-0.2, 0) is 11.3 Å². The number of furan rings is 1. The summed E-state index contributed by atoms with van der Waals surface area (Å²) in [6.45, 7) is 4.74. The Labute approximate surface area is 120 Å². The molecule has 5 heteroatoms. The molecule has 1 aliphatic rings. The monoisotopic (exact) mass is 293 g/mol. The summed E-state index contributed by atoms with van der Waals surface area (Å²) >= 11 is 7.62. The number of fused-ring (bicyclic) bond motifs is 1. The van der Waals surface area contributed by atoms with E-state index in [-0.39, 0.29) is 11.8 Å². The predicted molar refractivity (Wildman–Crippen MR) is 75.5 cm³/mol. The number of nitrogens with zero attached hydrogens (tertiary/aromatic N) is 1. The van der Waals surface area contributed by atoms with Crippen molar-refractivity contribution >= 4 is 28.8 Å². The van der Waals surface area contributed by atoms with Crippen molar-refractivity contribution in [2.45, 2.75) is 12.5 Å². The van der Waals surface area contributed by atoms with Crippen LogP contribution >= 0.6 is 22.9 Å². The van der Waals surface area contributed by atoms with Crippen LogP contribution < -0.4 is 0 Å². The smallest absolute Gasteiger partial charge is 0.246 e. The fourth-order valence-electron chi connectivity index (χ4n) is 2.41. The summed E-state index contributed by atoms with van der Waals surface area (Å²) in [4.78, 5) is 14.7. The van der Waals surface area contributed by atoms with Gasteiger partial charge in [0.05, 0.1) is 23.1 Å². The largest absolute Gasteiger partial charge is 0.469 e. The van der Waals surface area contributed by atoms with E-state index in [1.807, 2.05) is 18.2 Å². The maximum atomic E-state index is 11.8. The standard InChI is InChI=1S/C14H12ClNO2S/c1-2-14(17)16-7-10(11-4-3-5-18-11)9-6-13(15)19-12(9)8-16/h2-6,10H,1,7-8H2/t10-/m0/s1. The van der Waals surface area contributed by atoms with Gasteiger partial charge in [-0.05, 0) is 29.8 Å². The zero-order valence-electron chi connectivity index (χ0n) is 10.1. The molecule has 98 valence electrons. The van der Waals surface area contributed by atoms with Crippen LogP contribution in [0.15, 0.2) is 41.5 Å². The Kier molecular flexibility index (Phi) is 3.21. The summed E-state index contributed by atoms with van der Waals surface area (Å²) in [7, 11) is 0. The summed E-state index contributed by atoms with van der Waals surface area (Å²) in [5, 5.41) is 0. The van der Waals surface area contributed by atoms with E-state index in [1.54, 1.807) is 11.2 Å². The summed E-state index contributed by atoms with van der Waals surface area (Å²) < 4.78 is 6.24. The fourth-order valence-corrected chi connectivity index (χ4v) is 3.77. The van der Waals surface area contributed by atoms with E-state index in [1.165, 1.54) is 17.4 Å². The second-order valence-electron chi connectivity index (χ2n) is 4.42. The zero-order chi connectivity index (χ0) is 13.4. The van der Waals surface area contributed by atoms with E-state index in [0.29, 0.717) is 13.1 Å². The number of carbonyl (C=O) groups excluding carboxylic acids is 1. The van der Waals surface area contributed by atoms with Crippen LogP contribution in [0.4, 0.5) is 0 Å². The first-order valence-electron chi connectivity index (χ1n) is 5.92. The van der Waals surface area contributed by atoms with Crippen molar-refractivity contribution in [1.82, 2.24) is 4.90 Å². The summed E-state index contributed by atoms with van der Waals surface area (Å²) in [6.07, 6.45) is 3.00. The van der Waals surface area contributed by atoms with E-state index in [0.717, 1.165) is 20.5 Å². The molecule has 0 unspecified atom stereocenters. The third kappa shape index (κ3) is 2.22. The van der Waals surface area contributed by atoms with Crippen LogP contribution in [0.5, 0.6) is 0 Å². The topological polar surface area (TPSA) is 33.5 Å². The van der Waals surface area contributed by atoms with Crippen LogP contribution in [0.1, 0.15) is 22.1 Å². The molecular formula is C14H12ClNO2S. The molecule has 3 rings (SSSR count). The van der Waals surface area contributed by atoms with Gasteiger partial charge in [-0.15, -0.1) is 11.3 Å². The van der Waals surface area contributed by atoms with Crippen molar-refractivity contribution in [3.8, 4) is 0 Å². The molecule has 0 N–H and O–H groups in total. The lowest BCUT2D eigenvalue weighted by Gasteiger charge is -2.31. The van der Waals surface area contributed by atoms with E-state index in [9.17, 15) is 4.79 Å². The number of halogens is 1. The Bertz CT molecular complexity index is 617. The lowest BCUT2D eigenvalue weighted by atomic mass is 9.93. The maximum Gasteiger partial charge on any atom is 0.246 e. The Morgan fingerprint density at radius 1 is 1.63 bits per heavy atom. The minimum Gasteiger partial charge on any atom is -0.469 e. The van der Waals surface area contributed by atoms with E-state index in [4.69, 9.17) is 16.0 Å². The number of amides is 1. The molecule has 1 atom stereocenters. The van der Waals surface area contributed by atoms with E-state index in [2.05, 4.69) is 6.58 Å². The van der Waals surface area contributed by atoms with Gasteiger partial charge in [0.2, 0.25) is 5.91 Å². The molecule has 0 saturated carbocycles. The number of hydrogen-bond acceptors (Lipinski definition) is 3. The Hall–Kier alpha value is -1.52. The highest BCUT2D eigenvalue weighted by Crippen LogP contribution is 2.40. The molecule has 19 heavy (non-hydrogen) atoms. The van der Waals surface area contributed by atoms with Crippen molar-refractivity contribution in [3.05, 3.63) is 57.7 Å². The number of hydrogen-bond donors (Lipinski definition) is 0. The molecule has 3 heterocycles. The molecule has 3 nitrogen and oxygen atoms in total. The first-order chi connectivity index (χ1) is 9.19. The quantitative estimate of drug-likeness (QED) is 0.792. The van der Waals surface area contributed by atoms with Crippen LogP contribution in [0.25, 0.3) is 0 Å². The lowest BCUT2D eigenvalue weighted by Crippen LogP contribution is -2.36. The molecule has 0 aromatic carbocycles. The van der Waals surface area contributed by atoms with Crippen LogP contribution in [-0.4, -0.2) is 17.4 Å². The van der Waals surface area contributed by atoms with Gasteiger partial charge >= 0.3 is 0 Å². The van der Waals surface area contributed by atoms with Crippen molar-refractivity contribution in [2.75, 3.05) is 6.54 Å². The minimum absolute atomic E-state index is 0.0476. The van der Waals surface area contributed by atoms with Crippen molar-refractivity contribution in [1.29, 1.82) is 0 Å². The number of thiophene rings is 1. The molecule has 1 amide bonds. The summed E-state index contributed by atoms with van der Waals surface area (Å²) in [6, 6.07) is 5.77. The zero-order valence-corrected chi connectivity index (χ0v) is 11.7. The van der Waals surface area contributed by atoms with Gasteiger partial charge in [-0.2, -0.15) is 0 Å². The van der Waals surface area contributed by atoms with Gasteiger partial charge in [0.15, 0.2) is 0 Å². The van der Waals surface area contributed by atoms with Gasteiger partial charge in [0.1, 0.15) is 5.76 Å². The molecule has 2 aromatic heterocycles. The highest BCUT2D eigenvalue weighted by molar-refractivity contribution is 7.16. The van der Waals surface area contributed by atoms with E-state index < -0.39 is 0 Å². The second-order valence-corrected chi connectivity index (χ2v) is 6.19. The Morgan fingerprint density at radius 2 is 2.47 bits per heavy atom. The number of carbonyl (C=O) groups is 1. The molecule has 0 spiro atoms. The number of rotatable bonds is 2. The van der Waals surface area contributed by atoms with Gasteiger partial charge in [-0.1, -0.05) is 18.2 Å². The summed E-state index contributed by atoms with van der Waals surface area (Å²) in [5.41, 5.74) is 1.16. The highest BCUT2D eigenvalue weighted by atomic mass is 35.5. The molecular weight excluding hydrogens is 282 g/mol. The van der Waals surface area contributed by atoms with Crippen molar-refractivity contribution < 1.29 is 9.21 Å². The van der Waals surface area contributed by atoms with Crippen LogP contribution in [0.3, 0.4) is 0 Å². The normalized spacial score (nSPS) is 18.2. The molecule has 0 fully saturated rings. The third-order valence-corrected chi connectivity index (χ3v) is 4.56. The molecule has 2 aromatic rings. The van der Waals surface area contributed by atoms with Crippen LogP contribution in [0.2, 0.25) is 4.34 Å². The SMILES string of the molecule is C=CC(=O)N1Cc2sc(Cl)cc2[C@@H](c2ccco2)C1. The predicted octanol–water partition coefficient (Wildman–Crippen LogP) is 3.65. The van der Waals surface area contributed by atoms with E-state index >= 15 is 0 Å². The first kappa shape index (κ1) is 12.5. The molecule has 1 aliphatic heterocycles. The average Bonchev–Trinajstić information content (AvgIpc) is 3.04. The van der Waals surface area contributed by atoms with Gasteiger partial charge < -0.3 is 9.32 Å². The van der Waals surface area contributed by atoms with Crippen molar-refractivity contribution in [3.63, 3.8) is 0 Å². The molecule has 0 saturated heterocycles. The molecule has 0 radical (unpaired) electrons. The van der Waals surface area contributed by atoms with Crippen molar-refractivity contribution in [2.24, 2.45) is 0 Å². The summed E-state index contributed by atoms with van der Waals surface area (Å²) in [5.74, 6) is 0.843. The second kappa shape index (κ2) is 4.87. The molecule has 0 aliphatic carbocycles. The lowest BCUT2D eigenvalue weighted by molar-refractivity contribution is -0.127. The average molecular weight is 294 g/mol. The highest BCUT2D eigenvalue weighted by Gasteiger charge is 2.31. The third-order valence-electron chi connectivity index (χ3n) is 3.30. The Morgan fingerprint density at radius 3 is 3.16 bits per heavy atom. The van der Waals surface area contributed by atoms with Gasteiger partial charge in [0.25, 0.3) is 0 Å². The van der Waals surface area contributed by atoms with Gasteiger partial charge in [0, 0.05) is 11.4 Å². The fraction of sp³-hybridized carbons (Fsp3) is 0.214. The Balaban J connectivity index is 2.02. The molecule has 0 bridgehead atoms. The van der Waals surface area contributed by atoms with Crippen LogP contribution in [0, 0.1) is 0 Å². The minimum atomic E-state index is -0.0632.